The molecule has 0 radical (unpaired) electrons. The van der Waals surface area contributed by atoms with Crippen molar-refractivity contribution in [3.63, 3.8) is 0 Å². The number of aryl methyl sites for hydroxylation is 5. The Morgan fingerprint density at radius 3 is 2.44 bits per heavy atom. The fourth-order valence-electron chi connectivity index (χ4n) is 7.22. The third-order valence-electron chi connectivity index (χ3n) is 9.68. The lowest BCUT2D eigenvalue weighted by atomic mass is 9.98. The summed E-state index contributed by atoms with van der Waals surface area (Å²) in [6.07, 6.45) is 5.21. The zero-order chi connectivity index (χ0) is 32.8. The highest BCUT2D eigenvalue weighted by atomic mass is 16.5. The van der Waals surface area contributed by atoms with Crippen LogP contribution < -0.4 is 4.74 Å². The van der Waals surface area contributed by atoms with Crippen molar-refractivity contribution in [1.29, 1.82) is 0 Å². The lowest BCUT2D eigenvalue weighted by molar-refractivity contribution is 0.0735. The van der Waals surface area contributed by atoms with Crippen molar-refractivity contribution in [1.82, 2.24) is 19.1 Å². The average molecular weight is 631 g/mol. The van der Waals surface area contributed by atoms with Gasteiger partial charge >= 0.3 is 5.97 Å². The Hall–Kier alpha value is -5.49. The quantitative estimate of drug-likeness (QED) is 0.124. The number of aromatic nitrogens is 4. The highest BCUT2D eigenvalue weighted by molar-refractivity contribution is 5.98. The van der Waals surface area contributed by atoms with Gasteiger partial charge in [-0.05, 0) is 108 Å². The Morgan fingerprint density at radius 2 is 1.60 bits per heavy atom. The maximum atomic E-state index is 13.4. The topological polar surface area (TPSA) is 61.9 Å². The number of esters is 1. The lowest BCUT2D eigenvalue weighted by Crippen LogP contribution is -2.10. The van der Waals surface area contributed by atoms with Crippen molar-refractivity contribution in [2.45, 2.75) is 52.5 Å². The first-order valence-corrected chi connectivity index (χ1v) is 16.9. The van der Waals surface area contributed by atoms with E-state index in [1.54, 1.807) is 0 Å². The summed E-state index contributed by atoms with van der Waals surface area (Å²) in [7, 11) is 2.08. The third kappa shape index (κ3) is 5.37. The second-order valence-corrected chi connectivity index (χ2v) is 12.9. The van der Waals surface area contributed by atoms with Crippen LogP contribution in [0.15, 0.2) is 103 Å². The van der Waals surface area contributed by atoms with Crippen LogP contribution >= 0.6 is 0 Å². The number of ether oxygens (including phenoxy) is 1. The minimum Gasteiger partial charge on any atom is -0.423 e. The van der Waals surface area contributed by atoms with E-state index in [9.17, 15) is 4.79 Å². The number of carbonyl (C=O) groups excluding carboxylic acids is 1. The zero-order valence-corrected chi connectivity index (χ0v) is 27.7. The molecule has 0 amide bonds. The van der Waals surface area contributed by atoms with Crippen LogP contribution in [-0.2, 0) is 32.9 Å². The molecule has 0 spiro atoms. The van der Waals surface area contributed by atoms with Crippen LogP contribution in [0.2, 0.25) is 0 Å². The van der Waals surface area contributed by atoms with Crippen molar-refractivity contribution < 1.29 is 9.53 Å². The molecule has 2 aromatic heterocycles. The summed E-state index contributed by atoms with van der Waals surface area (Å²) in [5.74, 6) is 2.30. The van der Waals surface area contributed by atoms with Crippen LogP contribution in [0.1, 0.15) is 58.2 Å². The summed E-state index contributed by atoms with van der Waals surface area (Å²) in [6.45, 7) is 5.03. The van der Waals surface area contributed by atoms with Gasteiger partial charge in [-0.25, -0.2) is 14.8 Å². The normalized spacial score (nSPS) is 12.6. The molecule has 0 N–H and O–H groups in total. The number of para-hydroxylation sites is 2. The molecule has 1 aliphatic rings. The molecule has 7 aromatic rings. The van der Waals surface area contributed by atoms with E-state index in [4.69, 9.17) is 14.7 Å². The molecule has 5 aromatic carbocycles. The predicted molar refractivity (Wildman–Crippen MR) is 193 cm³/mol. The molecule has 238 valence electrons. The number of hydrogen-bond donors (Lipinski definition) is 0. The molecule has 0 bridgehead atoms. The van der Waals surface area contributed by atoms with E-state index in [0.717, 1.165) is 88.1 Å². The molecule has 0 aliphatic heterocycles. The number of benzene rings is 5. The summed E-state index contributed by atoms with van der Waals surface area (Å²) in [6, 6.07) is 34.9. The first-order chi connectivity index (χ1) is 23.5. The van der Waals surface area contributed by atoms with E-state index in [-0.39, 0.29) is 5.97 Å². The largest absolute Gasteiger partial charge is 0.423 e. The summed E-state index contributed by atoms with van der Waals surface area (Å²) < 4.78 is 10.4. The van der Waals surface area contributed by atoms with Crippen LogP contribution in [0, 0.1) is 6.92 Å². The molecule has 8 rings (SSSR count). The molecule has 2 heterocycles. The van der Waals surface area contributed by atoms with Crippen molar-refractivity contribution >= 4 is 28.0 Å². The first-order valence-electron chi connectivity index (χ1n) is 16.9. The SMILES string of the molecule is CCCc1nc2c(C)cc(-c3nc4ccccc4n3C)cc2n1Cc1ccc(-c2ccccc2C(=O)Oc2ccc3c(c2)CCC3)cc1. The van der Waals surface area contributed by atoms with Crippen LogP contribution in [0.4, 0.5) is 0 Å². The Morgan fingerprint density at radius 1 is 0.812 bits per heavy atom. The van der Waals surface area contributed by atoms with Gasteiger partial charge in [-0.1, -0.05) is 67.6 Å². The fourth-order valence-corrected chi connectivity index (χ4v) is 7.22. The molecule has 0 saturated heterocycles. The maximum absolute atomic E-state index is 13.4. The average Bonchev–Trinajstić information content (AvgIpc) is 3.81. The molecule has 48 heavy (non-hydrogen) atoms. The summed E-state index contributed by atoms with van der Waals surface area (Å²) in [5.41, 5.74) is 12.7. The van der Waals surface area contributed by atoms with Gasteiger partial charge in [0.1, 0.15) is 17.4 Å². The Kier molecular flexibility index (Phi) is 7.64. The molecular formula is C42H38N4O2. The van der Waals surface area contributed by atoms with Crippen molar-refractivity contribution in [2.75, 3.05) is 0 Å². The van der Waals surface area contributed by atoms with Gasteiger partial charge in [-0.3, -0.25) is 0 Å². The van der Waals surface area contributed by atoms with Gasteiger partial charge in [0, 0.05) is 25.6 Å². The van der Waals surface area contributed by atoms with Crippen LogP contribution in [0.25, 0.3) is 44.6 Å². The summed E-state index contributed by atoms with van der Waals surface area (Å²) in [5, 5.41) is 0. The van der Waals surface area contributed by atoms with E-state index in [1.165, 1.54) is 16.7 Å². The summed E-state index contributed by atoms with van der Waals surface area (Å²) >= 11 is 0. The van der Waals surface area contributed by atoms with E-state index >= 15 is 0 Å². The summed E-state index contributed by atoms with van der Waals surface area (Å²) in [4.78, 5) is 23.5. The van der Waals surface area contributed by atoms with Gasteiger partial charge in [-0.15, -0.1) is 0 Å². The zero-order valence-electron chi connectivity index (χ0n) is 27.7. The first kappa shape index (κ1) is 29.9. The maximum Gasteiger partial charge on any atom is 0.344 e. The van der Waals surface area contributed by atoms with Gasteiger partial charge in [0.15, 0.2) is 0 Å². The van der Waals surface area contributed by atoms with Gasteiger partial charge in [0.2, 0.25) is 0 Å². The monoisotopic (exact) mass is 630 g/mol. The second kappa shape index (κ2) is 12.3. The molecule has 0 atom stereocenters. The van der Waals surface area contributed by atoms with E-state index in [2.05, 4.69) is 90.7 Å². The standard InChI is InChI=1S/C42H38N4O2/c1-4-10-39-44-40-27(2)23-32(41-43-36-15-7-8-16-37(36)45(41)3)25-38(40)46(39)26-28-17-19-30(20-18-28)34-13-5-6-14-35(34)42(47)48-33-22-21-29-11-9-12-31(29)24-33/h5-8,13-25H,4,9-12,26H2,1-3H3. The van der Waals surface area contributed by atoms with Gasteiger partial charge < -0.3 is 13.9 Å². The third-order valence-corrected chi connectivity index (χ3v) is 9.68. The smallest absolute Gasteiger partial charge is 0.344 e. The molecule has 0 saturated carbocycles. The van der Waals surface area contributed by atoms with E-state index in [1.807, 2.05) is 42.5 Å². The minimum absolute atomic E-state index is 0.339. The molecular weight excluding hydrogens is 592 g/mol. The molecule has 1 aliphatic carbocycles. The molecule has 0 fully saturated rings. The molecule has 0 unspecified atom stereocenters. The minimum atomic E-state index is -0.339. The number of hydrogen-bond acceptors (Lipinski definition) is 4. The van der Waals surface area contributed by atoms with Gasteiger partial charge in [0.05, 0.1) is 27.6 Å². The number of imidazole rings is 2. The Bertz CT molecular complexity index is 2330. The fraction of sp³-hybridized carbons (Fsp3) is 0.214. The van der Waals surface area contributed by atoms with Gasteiger partial charge in [0.25, 0.3) is 0 Å². The number of nitrogens with zero attached hydrogens (tertiary/aromatic N) is 4. The van der Waals surface area contributed by atoms with Crippen LogP contribution in [0.3, 0.4) is 0 Å². The number of carbonyl (C=O) groups is 1. The highest BCUT2D eigenvalue weighted by Gasteiger charge is 2.19. The van der Waals surface area contributed by atoms with Crippen molar-refractivity contribution in [2.24, 2.45) is 7.05 Å². The lowest BCUT2D eigenvalue weighted by Gasteiger charge is -2.13. The highest BCUT2D eigenvalue weighted by Crippen LogP contribution is 2.32. The number of fused-ring (bicyclic) bond motifs is 3. The van der Waals surface area contributed by atoms with Crippen LogP contribution in [-0.4, -0.2) is 25.1 Å². The number of rotatable bonds is 8. The Labute approximate surface area is 280 Å². The van der Waals surface area contributed by atoms with Crippen LogP contribution in [0.5, 0.6) is 5.75 Å². The van der Waals surface area contributed by atoms with Crippen molar-refractivity contribution in [3.05, 3.63) is 137 Å². The van der Waals surface area contributed by atoms with Gasteiger partial charge in [-0.2, -0.15) is 0 Å². The van der Waals surface area contributed by atoms with Crippen molar-refractivity contribution in [3.8, 4) is 28.3 Å². The predicted octanol–water partition coefficient (Wildman–Crippen LogP) is 9.27. The Balaban J connectivity index is 1.10. The molecule has 6 nitrogen and oxygen atoms in total. The molecule has 6 heteroatoms. The van der Waals surface area contributed by atoms with E-state index in [0.29, 0.717) is 17.9 Å². The second-order valence-electron chi connectivity index (χ2n) is 12.9. The van der Waals surface area contributed by atoms with E-state index < -0.39 is 0 Å².